The number of rotatable bonds is 5. The summed E-state index contributed by atoms with van der Waals surface area (Å²) >= 11 is 1.79. The molecular weight excluding hydrogens is 266 g/mol. The summed E-state index contributed by atoms with van der Waals surface area (Å²) in [5, 5.41) is 5.62. The third-order valence-corrected chi connectivity index (χ3v) is 4.16. The molecule has 0 aliphatic carbocycles. The Morgan fingerprint density at radius 1 is 1.15 bits per heavy atom. The first kappa shape index (κ1) is 13.2. The number of nitrogens with one attached hydrogen (secondary N) is 1. The van der Waals surface area contributed by atoms with Crippen molar-refractivity contribution < 1.29 is 0 Å². The van der Waals surface area contributed by atoms with E-state index in [-0.39, 0.29) is 6.04 Å². The normalized spacial score (nSPS) is 12.7. The molecule has 3 rings (SSSR count). The molecule has 1 atom stereocenters. The van der Waals surface area contributed by atoms with Gasteiger partial charge in [0.1, 0.15) is 0 Å². The Morgan fingerprint density at radius 3 is 2.75 bits per heavy atom. The van der Waals surface area contributed by atoms with Crippen LogP contribution in [0, 0.1) is 0 Å². The zero-order chi connectivity index (χ0) is 13.8. The van der Waals surface area contributed by atoms with Gasteiger partial charge in [-0.15, -0.1) is 11.3 Å². The Morgan fingerprint density at radius 2 is 2.00 bits per heavy atom. The van der Waals surface area contributed by atoms with Gasteiger partial charge in [0.05, 0.1) is 29.0 Å². The lowest BCUT2D eigenvalue weighted by molar-refractivity contribution is 0.540. The van der Waals surface area contributed by atoms with Crippen molar-refractivity contribution in [2.45, 2.75) is 19.4 Å². The molecule has 3 aromatic rings. The Hall–Kier alpha value is -1.78. The summed E-state index contributed by atoms with van der Waals surface area (Å²) in [6.07, 6.45) is 2.85. The van der Waals surface area contributed by atoms with Gasteiger partial charge in [-0.2, -0.15) is 0 Å². The van der Waals surface area contributed by atoms with Crippen molar-refractivity contribution in [1.82, 2.24) is 15.3 Å². The summed E-state index contributed by atoms with van der Waals surface area (Å²) in [6.45, 7) is 3.04. The lowest BCUT2D eigenvalue weighted by Crippen LogP contribution is -2.23. The number of likely N-dealkylation sites (N-methyl/N-ethyl adjacent to an activating group) is 1. The van der Waals surface area contributed by atoms with Crippen LogP contribution < -0.4 is 5.32 Å². The molecule has 102 valence electrons. The first-order valence-corrected chi connectivity index (χ1v) is 7.72. The molecule has 4 heteroatoms. The fraction of sp³-hybridized carbons (Fsp3) is 0.250. The number of thiophene rings is 1. The van der Waals surface area contributed by atoms with Gasteiger partial charge in [0.15, 0.2) is 0 Å². The van der Waals surface area contributed by atoms with E-state index in [4.69, 9.17) is 4.98 Å². The van der Waals surface area contributed by atoms with Gasteiger partial charge in [0, 0.05) is 11.3 Å². The monoisotopic (exact) mass is 283 g/mol. The van der Waals surface area contributed by atoms with Crippen molar-refractivity contribution in [3.63, 3.8) is 0 Å². The van der Waals surface area contributed by atoms with Crippen LogP contribution in [0.5, 0.6) is 0 Å². The van der Waals surface area contributed by atoms with Crippen LogP contribution in [-0.2, 0) is 6.42 Å². The predicted octanol–water partition coefficient (Wildman–Crippen LogP) is 3.58. The zero-order valence-electron chi connectivity index (χ0n) is 11.4. The first-order valence-electron chi connectivity index (χ1n) is 6.84. The third kappa shape index (κ3) is 2.86. The van der Waals surface area contributed by atoms with Gasteiger partial charge in [0.2, 0.25) is 0 Å². The van der Waals surface area contributed by atoms with E-state index >= 15 is 0 Å². The lowest BCUT2D eigenvalue weighted by Gasteiger charge is -2.16. The van der Waals surface area contributed by atoms with Gasteiger partial charge in [-0.3, -0.25) is 4.98 Å². The summed E-state index contributed by atoms with van der Waals surface area (Å²) < 4.78 is 0. The molecule has 1 N–H and O–H groups in total. The van der Waals surface area contributed by atoms with E-state index in [1.807, 2.05) is 30.5 Å². The highest BCUT2D eigenvalue weighted by molar-refractivity contribution is 7.09. The Balaban J connectivity index is 1.91. The van der Waals surface area contributed by atoms with Gasteiger partial charge >= 0.3 is 0 Å². The summed E-state index contributed by atoms with van der Waals surface area (Å²) in [4.78, 5) is 10.6. The molecule has 0 amide bonds. The molecule has 0 spiro atoms. The topological polar surface area (TPSA) is 37.8 Å². The molecule has 0 fully saturated rings. The SMILES string of the molecule is CCNC(Cc1cccs1)c1cnc2ccccc2n1. The maximum Gasteiger partial charge on any atom is 0.0890 e. The maximum atomic E-state index is 4.75. The highest BCUT2D eigenvalue weighted by atomic mass is 32.1. The summed E-state index contributed by atoms with van der Waals surface area (Å²) in [5.41, 5.74) is 2.92. The molecule has 3 nitrogen and oxygen atoms in total. The molecule has 1 unspecified atom stereocenters. The number of fused-ring (bicyclic) bond motifs is 1. The number of hydrogen-bond donors (Lipinski definition) is 1. The molecule has 0 bridgehead atoms. The van der Waals surface area contributed by atoms with Gasteiger partial charge < -0.3 is 5.32 Å². The van der Waals surface area contributed by atoms with Crippen molar-refractivity contribution >= 4 is 22.4 Å². The number of aromatic nitrogens is 2. The fourth-order valence-corrected chi connectivity index (χ4v) is 3.05. The zero-order valence-corrected chi connectivity index (χ0v) is 12.2. The van der Waals surface area contributed by atoms with Crippen LogP contribution in [0.1, 0.15) is 23.5 Å². The predicted molar refractivity (Wildman–Crippen MR) is 84.0 cm³/mol. The largest absolute Gasteiger partial charge is 0.309 e. The van der Waals surface area contributed by atoms with Crippen LogP contribution in [0.15, 0.2) is 48.0 Å². The Kier molecular flexibility index (Phi) is 4.04. The average Bonchev–Trinajstić information content (AvgIpc) is 2.99. The van der Waals surface area contributed by atoms with Crippen LogP contribution >= 0.6 is 11.3 Å². The minimum absolute atomic E-state index is 0.218. The second kappa shape index (κ2) is 6.11. The van der Waals surface area contributed by atoms with Crippen molar-refractivity contribution in [3.05, 3.63) is 58.5 Å². The molecule has 2 heterocycles. The van der Waals surface area contributed by atoms with Crippen LogP contribution in [0.2, 0.25) is 0 Å². The maximum absolute atomic E-state index is 4.75. The minimum atomic E-state index is 0.218. The van der Waals surface area contributed by atoms with E-state index in [0.717, 1.165) is 29.7 Å². The van der Waals surface area contributed by atoms with Crippen molar-refractivity contribution in [1.29, 1.82) is 0 Å². The molecule has 0 saturated carbocycles. The van der Waals surface area contributed by atoms with Crippen molar-refractivity contribution in [2.24, 2.45) is 0 Å². The van der Waals surface area contributed by atoms with E-state index in [9.17, 15) is 0 Å². The Labute approximate surface area is 122 Å². The van der Waals surface area contributed by atoms with Crippen LogP contribution in [0.25, 0.3) is 11.0 Å². The number of benzene rings is 1. The molecule has 0 radical (unpaired) electrons. The second-order valence-corrected chi connectivity index (χ2v) is 5.71. The molecule has 0 aliphatic rings. The van der Waals surface area contributed by atoms with Crippen molar-refractivity contribution in [3.8, 4) is 0 Å². The third-order valence-electron chi connectivity index (χ3n) is 3.26. The molecule has 0 saturated heterocycles. The molecule has 1 aromatic carbocycles. The van der Waals surface area contributed by atoms with E-state index in [0.29, 0.717) is 0 Å². The molecule has 0 aliphatic heterocycles. The lowest BCUT2D eigenvalue weighted by atomic mass is 10.1. The number of hydrogen-bond acceptors (Lipinski definition) is 4. The smallest absolute Gasteiger partial charge is 0.0890 e. The summed E-state index contributed by atoms with van der Waals surface area (Å²) in [7, 11) is 0. The van der Waals surface area contributed by atoms with E-state index in [2.05, 4.69) is 34.7 Å². The van der Waals surface area contributed by atoms with E-state index in [1.54, 1.807) is 11.3 Å². The van der Waals surface area contributed by atoms with Crippen LogP contribution in [0.3, 0.4) is 0 Å². The second-order valence-electron chi connectivity index (χ2n) is 4.68. The van der Waals surface area contributed by atoms with Crippen LogP contribution in [0.4, 0.5) is 0 Å². The minimum Gasteiger partial charge on any atom is -0.309 e. The van der Waals surface area contributed by atoms with E-state index < -0.39 is 0 Å². The van der Waals surface area contributed by atoms with Crippen LogP contribution in [-0.4, -0.2) is 16.5 Å². The van der Waals surface area contributed by atoms with Gasteiger partial charge in [-0.05, 0) is 30.1 Å². The first-order chi connectivity index (χ1) is 9.86. The van der Waals surface area contributed by atoms with Gasteiger partial charge in [-0.25, -0.2) is 4.98 Å². The number of para-hydroxylation sites is 2. The standard InChI is InChI=1S/C16H17N3S/c1-2-17-15(10-12-6-5-9-20-12)16-11-18-13-7-3-4-8-14(13)19-16/h3-9,11,15,17H,2,10H2,1H3. The summed E-state index contributed by atoms with van der Waals surface area (Å²) in [6, 6.07) is 12.5. The van der Waals surface area contributed by atoms with Gasteiger partial charge in [-0.1, -0.05) is 25.1 Å². The summed E-state index contributed by atoms with van der Waals surface area (Å²) in [5.74, 6) is 0. The average molecular weight is 283 g/mol. The van der Waals surface area contributed by atoms with Gasteiger partial charge in [0.25, 0.3) is 0 Å². The molecule has 2 aromatic heterocycles. The highest BCUT2D eigenvalue weighted by Crippen LogP contribution is 2.21. The highest BCUT2D eigenvalue weighted by Gasteiger charge is 2.14. The Bertz CT molecular complexity index is 679. The number of nitrogens with zero attached hydrogens (tertiary/aromatic N) is 2. The quantitative estimate of drug-likeness (QED) is 0.777. The van der Waals surface area contributed by atoms with E-state index in [1.165, 1.54) is 4.88 Å². The molecular formula is C16H17N3S. The van der Waals surface area contributed by atoms with Crippen molar-refractivity contribution in [2.75, 3.05) is 6.54 Å². The fourth-order valence-electron chi connectivity index (χ4n) is 2.30. The molecule has 20 heavy (non-hydrogen) atoms.